The molecule has 0 aliphatic carbocycles. The zero-order valence-corrected chi connectivity index (χ0v) is 49.5. The minimum absolute atomic E-state index is 0.00478. The Hall–Kier alpha value is -7.69. The van der Waals surface area contributed by atoms with Crippen LogP contribution in [-0.2, 0) is 68.5 Å². The topological polar surface area (TPSA) is 394 Å². The first kappa shape index (κ1) is 70.4. The standard InChI is InChI=1S/C53H88N12O17/c1-14-76-44(71)39(45(77-15-2)78-16-3)64-42(69)35(28-57-37(66)27-33(60-49(74)81-52(8,9)10)23-20-25-56-47(72)80-51(5,6)7)61-40(67)31(4)59-41(68)36(63-50(75)82-53(11,12)13)29-58-43(70)38(34-24-26-55-46(54)62-34)65-48(73)79-30-32-21-18-17-19-22-32/h17-19,21-22,31,33-36,38-39,45H,14-16,20,23-30H2,1-13H3,(H,56,72)(H,57,66)(H,58,70)(H,59,68)(H,60,74)(H,61,67)(H,63,75)(H,64,69)(H,65,73)(H3,54,55,62)/t31-,33-,34+,35-,36-,38-,39+/m0/s1. The molecule has 7 atom stereocenters. The smallest absolute Gasteiger partial charge is 0.408 e. The van der Waals surface area contributed by atoms with Crippen molar-refractivity contribution in [2.75, 3.05) is 46.0 Å². The van der Waals surface area contributed by atoms with Crippen LogP contribution in [0.1, 0.15) is 121 Å². The molecule has 0 bridgehead atoms. The molecule has 0 unspecified atom stereocenters. The molecular weight excluding hydrogens is 1080 g/mol. The van der Waals surface area contributed by atoms with Gasteiger partial charge in [-0.3, -0.25) is 29.0 Å². The Morgan fingerprint density at radius 3 is 1.77 bits per heavy atom. The van der Waals surface area contributed by atoms with Crippen molar-refractivity contribution in [1.29, 1.82) is 0 Å². The molecule has 9 amide bonds. The van der Waals surface area contributed by atoms with Gasteiger partial charge in [-0.15, -0.1) is 0 Å². The van der Waals surface area contributed by atoms with Crippen molar-refractivity contribution in [3.63, 3.8) is 0 Å². The maximum absolute atomic E-state index is 14.3. The van der Waals surface area contributed by atoms with Crippen LogP contribution in [0.5, 0.6) is 0 Å². The van der Waals surface area contributed by atoms with E-state index >= 15 is 0 Å². The summed E-state index contributed by atoms with van der Waals surface area (Å²) in [7, 11) is 0. The largest absolute Gasteiger partial charge is 0.464 e. The van der Waals surface area contributed by atoms with E-state index in [0.29, 0.717) is 5.56 Å². The molecule has 29 heteroatoms. The van der Waals surface area contributed by atoms with Crippen molar-refractivity contribution in [2.24, 2.45) is 10.7 Å². The Bertz CT molecular complexity index is 2300. The van der Waals surface area contributed by atoms with Crippen molar-refractivity contribution in [2.45, 2.75) is 188 Å². The van der Waals surface area contributed by atoms with Gasteiger partial charge in [-0.25, -0.2) is 24.0 Å². The summed E-state index contributed by atoms with van der Waals surface area (Å²) in [5.41, 5.74) is 3.89. The number of hydrogen-bond donors (Lipinski definition) is 11. The SMILES string of the molecule is CCOC(=O)[C@@H](NC(=O)[C@H](CNC(=O)C[C@H](CCCNC(=O)OC(C)(C)C)NC(=O)OC(C)(C)C)NC(=O)[C@H](C)NC(=O)[C@H](CNC(=O)[C@@H](NC(=O)OCc1ccccc1)[C@H]1CCN=C(N)N1)NC(=O)OC(C)(C)C)C(OCC)OCC. The highest BCUT2D eigenvalue weighted by atomic mass is 16.7. The van der Waals surface area contributed by atoms with Crippen LogP contribution in [-0.4, -0.2) is 177 Å². The van der Waals surface area contributed by atoms with Crippen LogP contribution < -0.4 is 58.9 Å². The van der Waals surface area contributed by atoms with Crippen LogP contribution in [0, 0.1) is 0 Å². The summed E-state index contributed by atoms with van der Waals surface area (Å²) in [5.74, 6) is -5.63. The summed E-state index contributed by atoms with van der Waals surface area (Å²) in [5, 5.41) is 25.6. The number of carbonyl (C=O) groups excluding carboxylic acids is 10. The molecule has 1 aliphatic heterocycles. The Labute approximate surface area is 479 Å². The number of amides is 9. The van der Waals surface area contributed by atoms with Gasteiger partial charge < -0.3 is 92.1 Å². The summed E-state index contributed by atoms with van der Waals surface area (Å²) < 4.78 is 37.9. The van der Waals surface area contributed by atoms with E-state index in [2.05, 4.69) is 58.2 Å². The lowest BCUT2D eigenvalue weighted by molar-refractivity contribution is -0.180. The van der Waals surface area contributed by atoms with Crippen molar-refractivity contribution in [1.82, 2.24) is 53.2 Å². The monoisotopic (exact) mass is 1160 g/mol. The number of benzene rings is 1. The normalized spacial score (nSPS) is 15.5. The minimum atomic E-state index is -1.71. The first-order chi connectivity index (χ1) is 38.3. The second-order valence-corrected chi connectivity index (χ2v) is 21.7. The minimum Gasteiger partial charge on any atom is -0.464 e. The number of carbonyl (C=O) groups is 10. The van der Waals surface area contributed by atoms with E-state index in [9.17, 15) is 47.9 Å². The molecule has 1 heterocycles. The molecule has 0 fully saturated rings. The third-order valence-electron chi connectivity index (χ3n) is 10.9. The van der Waals surface area contributed by atoms with E-state index in [1.54, 1.807) is 106 Å². The lowest BCUT2D eigenvalue weighted by Crippen LogP contribution is -2.63. The van der Waals surface area contributed by atoms with Crippen LogP contribution in [0.3, 0.4) is 0 Å². The number of nitrogens with two attached hydrogens (primary N) is 1. The van der Waals surface area contributed by atoms with Crippen molar-refractivity contribution in [3.05, 3.63) is 35.9 Å². The maximum Gasteiger partial charge on any atom is 0.408 e. The average Bonchev–Trinajstić information content (AvgIpc) is 3.36. The number of guanidine groups is 1. The molecule has 0 spiro atoms. The lowest BCUT2D eigenvalue weighted by Gasteiger charge is -2.31. The van der Waals surface area contributed by atoms with Gasteiger partial charge in [0.15, 0.2) is 18.3 Å². The number of rotatable bonds is 30. The van der Waals surface area contributed by atoms with Crippen LogP contribution in [0.2, 0.25) is 0 Å². The number of aliphatic imine (C=N–C) groups is 1. The van der Waals surface area contributed by atoms with Crippen molar-refractivity contribution < 1.29 is 81.1 Å². The number of alkyl carbamates (subject to hydrolysis) is 4. The molecule has 82 heavy (non-hydrogen) atoms. The number of esters is 1. The average molecular weight is 1170 g/mol. The van der Waals surface area contributed by atoms with Gasteiger partial charge in [-0.2, -0.15) is 0 Å². The fourth-order valence-corrected chi connectivity index (χ4v) is 7.34. The Balaban J connectivity index is 2.45. The van der Waals surface area contributed by atoms with Gasteiger partial charge in [-0.05, 0) is 115 Å². The zero-order chi connectivity index (χ0) is 61.8. The number of hydrogen-bond acceptors (Lipinski definition) is 20. The zero-order valence-electron chi connectivity index (χ0n) is 49.5. The van der Waals surface area contributed by atoms with Crippen molar-refractivity contribution >= 4 is 65.8 Å². The molecule has 12 N–H and O–H groups in total. The van der Waals surface area contributed by atoms with E-state index in [1.807, 2.05) is 0 Å². The third kappa shape index (κ3) is 29.2. The highest BCUT2D eigenvalue weighted by molar-refractivity contribution is 5.96. The molecule has 1 aromatic carbocycles. The number of nitrogens with one attached hydrogen (secondary N) is 10. The molecule has 0 aromatic heterocycles. The molecule has 1 aliphatic rings. The summed E-state index contributed by atoms with van der Waals surface area (Å²) >= 11 is 0. The molecule has 0 radical (unpaired) electrons. The second kappa shape index (κ2) is 34.6. The highest BCUT2D eigenvalue weighted by Gasteiger charge is 2.38. The summed E-state index contributed by atoms with van der Waals surface area (Å²) in [6, 6.07) is -0.773. The molecule has 29 nitrogen and oxygen atoms in total. The Kier molecular flexibility index (Phi) is 29.7. The van der Waals surface area contributed by atoms with Gasteiger partial charge in [0.25, 0.3) is 0 Å². The quantitative estimate of drug-likeness (QED) is 0.0222. The summed E-state index contributed by atoms with van der Waals surface area (Å²) in [6.07, 6.45) is -4.66. The van der Waals surface area contributed by atoms with Gasteiger partial charge in [-0.1, -0.05) is 30.3 Å². The highest BCUT2D eigenvalue weighted by Crippen LogP contribution is 2.13. The van der Waals surface area contributed by atoms with Gasteiger partial charge in [0, 0.05) is 51.9 Å². The maximum atomic E-state index is 14.3. The van der Waals surface area contributed by atoms with E-state index < -0.39 is 138 Å². The van der Waals surface area contributed by atoms with Gasteiger partial charge in [0.2, 0.25) is 29.5 Å². The number of nitrogens with zero attached hydrogens (tertiary/aromatic N) is 1. The first-order valence-electron chi connectivity index (χ1n) is 27.2. The molecule has 2 rings (SSSR count). The van der Waals surface area contributed by atoms with E-state index in [4.69, 9.17) is 38.9 Å². The van der Waals surface area contributed by atoms with Crippen LogP contribution >= 0.6 is 0 Å². The first-order valence-corrected chi connectivity index (χ1v) is 27.2. The Morgan fingerprint density at radius 2 is 1.20 bits per heavy atom. The number of ether oxygens (including phenoxy) is 7. The predicted molar refractivity (Wildman–Crippen MR) is 297 cm³/mol. The van der Waals surface area contributed by atoms with Gasteiger partial charge in [0.1, 0.15) is 47.6 Å². The summed E-state index contributed by atoms with van der Waals surface area (Å²) in [6.45, 7) is 19.7. The molecule has 462 valence electrons. The lowest BCUT2D eigenvalue weighted by atomic mass is 10.0. The molecule has 0 saturated heterocycles. The van der Waals surface area contributed by atoms with Crippen LogP contribution in [0.4, 0.5) is 19.2 Å². The fourth-order valence-electron chi connectivity index (χ4n) is 7.34. The van der Waals surface area contributed by atoms with Gasteiger partial charge in [0.05, 0.1) is 12.6 Å². The van der Waals surface area contributed by atoms with Crippen LogP contribution in [0.25, 0.3) is 0 Å². The van der Waals surface area contributed by atoms with E-state index in [0.717, 1.165) is 0 Å². The molecule has 1 aromatic rings. The fraction of sp³-hybridized carbons (Fsp3) is 0.679. The second-order valence-electron chi connectivity index (χ2n) is 21.7. The summed E-state index contributed by atoms with van der Waals surface area (Å²) in [4.78, 5) is 139. The predicted octanol–water partition coefficient (Wildman–Crippen LogP) is 1.11. The van der Waals surface area contributed by atoms with Crippen LogP contribution in [0.15, 0.2) is 35.3 Å². The van der Waals surface area contributed by atoms with E-state index in [1.165, 1.54) is 13.8 Å². The Morgan fingerprint density at radius 1 is 0.634 bits per heavy atom. The van der Waals surface area contributed by atoms with Gasteiger partial charge >= 0.3 is 30.3 Å². The third-order valence-corrected chi connectivity index (χ3v) is 10.9. The molecule has 0 saturated carbocycles. The van der Waals surface area contributed by atoms with Crippen molar-refractivity contribution in [3.8, 4) is 0 Å². The van der Waals surface area contributed by atoms with E-state index in [-0.39, 0.29) is 71.2 Å². The molecular formula is C53H88N12O17.